The van der Waals surface area contributed by atoms with Gasteiger partial charge in [0.2, 0.25) is 0 Å². The molecule has 706 valence electrons. The average molecular weight is 1810 g/mol. The van der Waals surface area contributed by atoms with Crippen molar-refractivity contribution in [1.29, 1.82) is 0 Å². The van der Waals surface area contributed by atoms with E-state index < -0.39 is 0 Å². The van der Waals surface area contributed by atoms with Gasteiger partial charge in [0.05, 0.1) is 26.4 Å². The minimum atomic E-state index is 0.294. The van der Waals surface area contributed by atoms with Crippen molar-refractivity contribution in [3.63, 3.8) is 0 Å². The predicted molar refractivity (Wildman–Crippen MR) is 574 cm³/mol. The summed E-state index contributed by atoms with van der Waals surface area (Å²) in [7, 11) is 0. The molecule has 0 aromatic heterocycles. The minimum absolute atomic E-state index is 0.294. The number of fused-ring (bicyclic) bond motifs is 4. The van der Waals surface area contributed by atoms with Gasteiger partial charge in [0.15, 0.2) is 23.0 Å². The molecule has 0 N–H and O–H groups in total. The quantitative estimate of drug-likeness (QED) is 0.0349. The van der Waals surface area contributed by atoms with E-state index in [1.807, 2.05) is 0 Å². The van der Waals surface area contributed by atoms with Crippen LogP contribution in [0.1, 0.15) is 294 Å². The van der Waals surface area contributed by atoms with Crippen LogP contribution in [0.15, 0.2) is 325 Å². The largest absolute Gasteiger partial charge is 0.490 e. The summed E-state index contributed by atoms with van der Waals surface area (Å²) in [6.45, 7) is 20.4. The van der Waals surface area contributed by atoms with Gasteiger partial charge in [-0.2, -0.15) is 0 Å². The van der Waals surface area contributed by atoms with Crippen molar-refractivity contribution in [2.24, 2.45) is 11.8 Å². The number of rotatable bonds is 48. The molecule has 0 fully saturated rings. The third-order valence-electron chi connectivity index (χ3n) is 27.4. The Labute approximate surface area is 813 Å². The Balaban J connectivity index is 0.000000229. The van der Waals surface area contributed by atoms with Crippen LogP contribution < -0.4 is 18.9 Å². The number of benzene rings is 10. The Morgan fingerprint density at radius 3 is 0.801 bits per heavy atom. The zero-order chi connectivity index (χ0) is 93.8. The molecule has 2 aliphatic carbocycles. The van der Waals surface area contributed by atoms with Crippen LogP contribution in [-0.4, -0.2) is 26.4 Å². The first kappa shape index (κ1) is 98.3. The maximum atomic E-state index is 7.19. The second kappa shape index (κ2) is 51.6. The summed E-state index contributed by atoms with van der Waals surface area (Å²) >= 11 is 0. The number of hydrogen-bond donors (Lipinski definition) is 0. The molecular formula is C128H146O8. The van der Waals surface area contributed by atoms with Crippen molar-refractivity contribution in [1.82, 2.24) is 0 Å². The van der Waals surface area contributed by atoms with Crippen molar-refractivity contribution in [2.45, 2.75) is 261 Å². The van der Waals surface area contributed by atoms with Crippen molar-refractivity contribution in [3.05, 3.63) is 386 Å². The topological polar surface area (TPSA) is 73.8 Å². The fourth-order valence-electron chi connectivity index (χ4n) is 18.7. The highest BCUT2D eigenvalue weighted by molar-refractivity contribution is 5.92. The number of allylic oxidation sites excluding steroid dienone is 19. The summed E-state index contributed by atoms with van der Waals surface area (Å²) < 4.78 is 54.5. The molecule has 136 heavy (non-hydrogen) atoms. The normalized spacial score (nSPS) is 15.6. The van der Waals surface area contributed by atoms with E-state index in [2.05, 4.69) is 347 Å². The van der Waals surface area contributed by atoms with Gasteiger partial charge in [-0.3, -0.25) is 0 Å². The molecule has 6 aliphatic rings. The maximum Gasteiger partial charge on any atom is 0.161 e. The smallest absolute Gasteiger partial charge is 0.161 e. The average Bonchev–Trinajstić information content (AvgIpc) is 0.771. The summed E-state index contributed by atoms with van der Waals surface area (Å²) in [6, 6.07) is 71.0. The van der Waals surface area contributed by atoms with Gasteiger partial charge in [0.1, 0.15) is 46.1 Å². The molecule has 16 rings (SSSR count). The first-order valence-corrected chi connectivity index (χ1v) is 52.0. The Hall–Kier alpha value is -12.3. The van der Waals surface area contributed by atoms with Gasteiger partial charge < -0.3 is 37.9 Å². The first-order chi connectivity index (χ1) is 66.9. The second-order valence-corrected chi connectivity index (χ2v) is 38.1. The van der Waals surface area contributed by atoms with Crippen LogP contribution in [0.25, 0.3) is 72.6 Å². The molecule has 0 saturated heterocycles. The Kier molecular flexibility index (Phi) is 37.3. The van der Waals surface area contributed by atoms with Crippen LogP contribution in [0.5, 0.6) is 23.0 Å². The zero-order valence-corrected chi connectivity index (χ0v) is 82.6. The van der Waals surface area contributed by atoms with Crippen molar-refractivity contribution in [2.75, 3.05) is 26.4 Å². The number of aryl methyl sites for hydroxylation is 4. The second-order valence-electron chi connectivity index (χ2n) is 38.1. The molecule has 4 aliphatic heterocycles. The fraction of sp³-hybridized carbons (Fsp3) is 0.359. The monoisotopic (exact) mass is 1810 g/mol. The Morgan fingerprint density at radius 2 is 0.478 bits per heavy atom. The highest BCUT2D eigenvalue weighted by Gasteiger charge is 2.29. The third-order valence-corrected chi connectivity index (χ3v) is 27.4. The lowest BCUT2D eigenvalue weighted by atomic mass is 9.82. The van der Waals surface area contributed by atoms with Crippen LogP contribution in [0.4, 0.5) is 0 Å². The van der Waals surface area contributed by atoms with E-state index in [9.17, 15) is 0 Å². The molecule has 0 spiro atoms. The standard InChI is InChI=1S/C78H112O6.C50H34O2/c1-9-13-17-21-25-29-33-37-49-79-71-47-45-67(55-77(71)81-51-39-35-31-27-23-19-15-11-3)75-59-70(69-57-73(65-43-41-61(5)63(7)53-65)83-74(58-69)66-44-42-62(6)64(8)54-66)60-76(84-75)68-46-48-72(80-50-38-34-30-26-22-18-14-10-2)78(56-68)82-52-40-36-32-28-24-20-16-12-4;1-5-13-37-25-41(21-17-33(37)9-1)47-29-45(30-48(51-47)42-22-18-34-10-2-6-14-38(34)26-42)46-31-49(43-23-19-35-11-3-7-15-39(35)27-43)52-50(32-46)44-24-20-36-12-4-8-16-40(36)28-44/h41-48,53-60H,9-40,49-52H2,1-8H3;1-33,37H. The van der Waals surface area contributed by atoms with E-state index in [1.54, 1.807) is 0 Å². The van der Waals surface area contributed by atoms with Gasteiger partial charge in [0.25, 0.3) is 0 Å². The molecule has 0 radical (unpaired) electrons. The van der Waals surface area contributed by atoms with E-state index in [4.69, 9.17) is 37.9 Å². The van der Waals surface area contributed by atoms with Gasteiger partial charge in [0, 0.05) is 56.4 Å². The van der Waals surface area contributed by atoms with Gasteiger partial charge in [-0.05, 0) is 246 Å². The molecule has 8 heteroatoms. The molecule has 10 aromatic rings. The van der Waals surface area contributed by atoms with Crippen molar-refractivity contribution < 1.29 is 37.9 Å². The number of hydrogen-bond acceptors (Lipinski definition) is 8. The van der Waals surface area contributed by atoms with E-state index in [-0.39, 0.29) is 0 Å². The van der Waals surface area contributed by atoms with Gasteiger partial charge in [-0.1, -0.05) is 383 Å². The predicted octanol–water partition coefficient (Wildman–Crippen LogP) is 36.5. The Bertz CT molecular complexity index is 5910. The molecule has 10 aromatic carbocycles. The molecule has 0 saturated carbocycles. The van der Waals surface area contributed by atoms with Gasteiger partial charge in [-0.15, -0.1) is 0 Å². The van der Waals surface area contributed by atoms with Gasteiger partial charge >= 0.3 is 0 Å². The molecule has 0 bridgehead atoms. The van der Waals surface area contributed by atoms with Gasteiger partial charge in [-0.25, -0.2) is 0 Å². The summed E-state index contributed by atoms with van der Waals surface area (Å²) in [5, 5.41) is 7.13. The number of unbranched alkanes of at least 4 members (excludes halogenated alkanes) is 28. The lowest BCUT2D eigenvalue weighted by molar-refractivity contribution is 0.258. The van der Waals surface area contributed by atoms with E-state index in [1.165, 1.54) is 222 Å². The summed E-state index contributed by atoms with van der Waals surface area (Å²) in [4.78, 5) is 0. The van der Waals surface area contributed by atoms with Crippen LogP contribution in [0, 0.1) is 39.5 Å². The molecule has 2 unspecified atom stereocenters. The van der Waals surface area contributed by atoms with Crippen molar-refractivity contribution >= 4 is 72.6 Å². The van der Waals surface area contributed by atoms with Crippen LogP contribution >= 0.6 is 0 Å². The Morgan fingerprint density at radius 1 is 0.221 bits per heavy atom. The summed E-state index contributed by atoms with van der Waals surface area (Å²) in [5.74, 6) is 10.1. The molecule has 4 heterocycles. The van der Waals surface area contributed by atoms with E-state index in [0.29, 0.717) is 38.3 Å². The van der Waals surface area contributed by atoms with Crippen molar-refractivity contribution in [3.8, 4) is 23.0 Å². The highest BCUT2D eigenvalue weighted by atomic mass is 16.5. The number of ether oxygens (including phenoxy) is 8. The van der Waals surface area contributed by atoms with Crippen LogP contribution in [0.3, 0.4) is 0 Å². The summed E-state index contributed by atoms with van der Waals surface area (Å²) in [5.41, 5.74) is 17.2. The third kappa shape index (κ3) is 28.0. The molecule has 0 amide bonds. The van der Waals surface area contributed by atoms with E-state index in [0.717, 1.165) is 174 Å². The SMILES string of the molecule is C1=CC2C=CC(C3=CC(=C4C=C(c5ccc6ccccc6c5)OC(c5ccc6ccccc6c5)=C4)C=C(c4ccc5ccccc5c4)O3)=CC2C=C1.CCCCCCCCCCOc1ccc(C2=CC(=C3C=C(c4ccc(C)c(C)c4)OC(c4ccc(C)c(C)c4)=C3)C=C(c3ccc(OCCCCCCCCCC)c(OCCCCCCCCCC)c3)O2)cc1OCCCCCCCCCC. The maximum absolute atomic E-state index is 7.19. The minimum Gasteiger partial charge on any atom is -0.490 e. The highest BCUT2D eigenvalue weighted by Crippen LogP contribution is 2.46. The molecule has 8 nitrogen and oxygen atoms in total. The lowest BCUT2D eigenvalue weighted by Gasteiger charge is -2.27. The zero-order valence-electron chi connectivity index (χ0n) is 82.6. The fourth-order valence-corrected chi connectivity index (χ4v) is 18.7. The van der Waals surface area contributed by atoms with Crippen LogP contribution in [0.2, 0.25) is 0 Å². The van der Waals surface area contributed by atoms with Crippen LogP contribution in [-0.2, 0) is 18.9 Å². The van der Waals surface area contributed by atoms with E-state index >= 15 is 0 Å². The molecular weight excluding hydrogens is 1670 g/mol. The lowest BCUT2D eigenvalue weighted by Crippen LogP contribution is -2.13. The molecule has 2 atom stereocenters. The first-order valence-electron chi connectivity index (χ1n) is 52.0. The summed E-state index contributed by atoms with van der Waals surface area (Å²) in [6.07, 6.45) is 73.1.